The van der Waals surface area contributed by atoms with Crippen molar-refractivity contribution in [2.24, 2.45) is 5.73 Å². The van der Waals surface area contributed by atoms with Crippen molar-refractivity contribution in [3.05, 3.63) is 59.3 Å². The second-order valence-electron chi connectivity index (χ2n) is 3.98. The van der Waals surface area contributed by atoms with E-state index >= 15 is 0 Å². The first kappa shape index (κ1) is 10.6. The molecule has 0 aromatic heterocycles. The third-order valence-electron chi connectivity index (χ3n) is 2.64. The number of rotatable bonds is 2. The minimum Gasteiger partial charge on any atom is -0.402 e. The molecule has 2 rings (SSSR count). The van der Waals surface area contributed by atoms with Crippen LogP contribution in [-0.4, -0.2) is 0 Å². The van der Waals surface area contributed by atoms with Gasteiger partial charge in [-0.3, -0.25) is 0 Å². The number of anilines is 1. The molecule has 1 aliphatic rings. The van der Waals surface area contributed by atoms with Gasteiger partial charge in [-0.25, -0.2) is 0 Å². The summed E-state index contributed by atoms with van der Waals surface area (Å²) in [5, 5.41) is 0. The second kappa shape index (κ2) is 4.71. The molecule has 0 heterocycles. The summed E-state index contributed by atoms with van der Waals surface area (Å²) >= 11 is 0. The minimum absolute atomic E-state index is 0.796. The van der Waals surface area contributed by atoms with Gasteiger partial charge in [-0.1, -0.05) is 30.4 Å². The Hall–Kier alpha value is -1.96. The number of hydrogen-bond donors (Lipinski definition) is 2. The summed E-state index contributed by atoms with van der Waals surface area (Å²) in [6.45, 7) is 0. The van der Waals surface area contributed by atoms with Crippen molar-refractivity contribution < 1.29 is 0 Å². The molecule has 2 nitrogen and oxygen atoms in total. The SMILES string of the molecule is NC1=CC=C(/C=C/c2ccc(N)cc2)CC1. The molecule has 16 heavy (non-hydrogen) atoms. The Balaban J connectivity index is 2.07. The van der Waals surface area contributed by atoms with Crippen molar-refractivity contribution in [2.45, 2.75) is 12.8 Å². The molecule has 0 aliphatic heterocycles. The van der Waals surface area contributed by atoms with Crippen molar-refractivity contribution in [3.63, 3.8) is 0 Å². The maximum absolute atomic E-state index is 5.70. The molecule has 2 heteroatoms. The predicted octanol–water partition coefficient (Wildman–Crippen LogP) is 2.84. The molecule has 0 atom stereocenters. The lowest BCUT2D eigenvalue weighted by molar-refractivity contribution is 0.913. The maximum atomic E-state index is 5.70. The summed E-state index contributed by atoms with van der Waals surface area (Å²) < 4.78 is 0. The number of hydrogen-bond acceptors (Lipinski definition) is 2. The molecule has 0 unspecified atom stereocenters. The van der Waals surface area contributed by atoms with Gasteiger partial charge in [0, 0.05) is 11.4 Å². The molecule has 1 aromatic rings. The van der Waals surface area contributed by atoms with Crippen LogP contribution < -0.4 is 11.5 Å². The van der Waals surface area contributed by atoms with E-state index in [1.54, 1.807) is 0 Å². The van der Waals surface area contributed by atoms with E-state index in [-0.39, 0.29) is 0 Å². The first-order valence-corrected chi connectivity index (χ1v) is 5.43. The van der Waals surface area contributed by atoms with E-state index in [4.69, 9.17) is 11.5 Å². The third-order valence-corrected chi connectivity index (χ3v) is 2.64. The first-order valence-electron chi connectivity index (χ1n) is 5.43. The molecule has 0 bridgehead atoms. The molecule has 82 valence electrons. The maximum Gasteiger partial charge on any atom is 0.0314 e. The van der Waals surface area contributed by atoms with Gasteiger partial charge in [0.15, 0.2) is 0 Å². The summed E-state index contributed by atoms with van der Waals surface area (Å²) in [5.74, 6) is 0. The van der Waals surface area contributed by atoms with Crippen molar-refractivity contribution in [3.8, 4) is 0 Å². The lowest BCUT2D eigenvalue weighted by Gasteiger charge is -2.07. The van der Waals surface area contributed by atoms with E-state index in [0.717, 1.165) is 29.8 Å². The number of allylic oxidation sites excluding steroid dienone is 5. The van der Waals surface area contributed by atoms with Crippen molar-refractivity contribution in [1.82, 2.24) is 0 Å². The highest BCUT2D eigenvalue weighted by molar-refractivity contribution is 5.56. The second-order valence-corrected chi connectivity index (χ2v) is 3.98. The fourth-order valence-corrected chi connectivity index (χ4v) is 1.62. The molecule has 0 amide bonds. The van der Waals surface area contributed by atoms with Crippen LogP contribution in [0.2, 0.25) is 0 Å². The Bertz CT molecular complexity index is 450. The average molecular weight is 212 g/mol. The Morgan fingerprint density at radius 1 is 0.875 bits per heavy atom. The van der Waals surface area contributed by atoms with Gasteiger partial charge >= 0.3 is 0 Å². The molecule has 1 aliphatic carbocycles. The van der Waals surface area contributed by atoms with Gasteiger partial charge in [-0.05, 0) is 42.2 Å². The topological polar surface area (TPSA) is 52.0 Å². The van der Waals surface area contributed by atoms with Gasteiger partial charge in [-0.15, -0.1) is 0 Å². The molecule has 0 saturated heterocycles. The van der Waals surface area contributed by atoms with E-state index in [0.29, 0.717) is 0 Å². The van der Waals surface area contributed by atoms with Crippen LogP contribution in [0.4, 0.5) is 5.69 Å². The van der Waals surface area contributed by atoms with Crippen LogP contribution in [-0.2, 0) is 0 Å². The van der Waals surface area contributed by atoms with Gasteiger partial charge in [0.1, 0.15) is 0 Å². The van der Waals surface area contributed by atoms with Crippen molar-refractivity contribution in [1.29, 1.82) is 0 Å². The van der Waals surface area contributed by atoms with Gasteiger partial charge in [-0.2, -0.15) is 0 Å². The van der Waals surface area contributed by atoms with E-state index in [2.05, 4.69) is 18.2 Å². The van der Waals surface area contributed by atoms with Gasteiger partial charge in [0.25, 0.3) is 0 Å². The zero-order chi connectivity index (χ0) is 11.4. The normalized spacial score (nSPS) is 16.0. The quantitative estimate of drug-likeness (QED) is 0.741. The molecule has 0 fully saturated rings. The molecular formula is C14H16N2. The van der Waals surface area contributed by atoms with E-state index in [9.17, 15) is 0 Å². The lowest BCUT2D eigenvalue weighted by Crippen LogP contribution is -2.00. The summed E-state index contributed by atoms with van der Waals surface area (Å²) in [4.78, 5) is 0. The molecule has 0 radical (unpaired) electrons. The largest absolute Gasteiger partial charge is 0.402 e. The first-order chi connectivity index (χ1) is 7.74. The fourth-order valence-electron chi connectivity index (χ4n) is 1.62. The molecule has 1 aromatic carbocycles. The molecule has 4 N–H and O–H groups in total. The smallest absolute Gasteiger partial charge is 0.0314 e. The Labute approximate surface area is 96.0 Å². The van der Waals surface area contributed by atoms with Crippen LogP contribution in [0.15, 0.2) is 53.8 Å². The van der Waals surface area contributed by atoms with Gasteiger partial charge in [0.05, 0.1) is 0 Å². The van der Waals surface area contributed by atoms with Crippen LogP contribution in [0.1, 0.15) is 18.4 Å². The van der Waals surface area contributed by atoms with Gasteiger partial charge in [0.2, 0.25) is 0 Å². The van der Waals surface area contributed by atoms with Crippen LogP contribution in [0, 0.1) is 0 Å². The zero-order valence-corrected chi connectivity index (χ0v) is 9.19. The summed E-state index contributed by atoms with van der Waals surface area (Å²) in [5.41, 5.74) is 15.6. The molecule has 0 saturated carbocycles. The molecular weight excluding hydrogens is 196 g/mol. The summed E-state index contributed by atoms with van der Waals surface area (Å²) in [6.07, 6.45) is 10.3. The highest BCUT2D eigenvalue weighted by Crippen LogP contribution is 2.17. The number of nitrogen functional groups attached to an aromatic ring is 1. The van der Waals surface area contributed by atoms with Crippen LogP contribution in [0.3, 0.4) is 0 Å². The number of nitrogens with two attached hydrogens (primary N) is 2. The average Bonchev–Trinajstić information content (AvgIpc) is 2.30. The lowest BCUT2D eigenvalue weighted by atomic mass is 10.0. The van der Waals surface area contributed by atoms with Crippen LogP contribution in [0.25, 0.3) is 6.08 Å². The van der Waals surface area contributed by atoms with Crippen LogP contribution >= 0.6 is 0 Å². The standard InChI is InChI=1S/C14H16N2/c15-13-7-3-11(4-8-13)1-2-12-5-9-14(16)10-6-12/h1-5,7-9H,6,10,15-16H2/b2-1+. The Kier molecular flexibility index (Phi) is 3.10. The monoisotopic (exact) mass is 212 g/mol. The Morgan fingerprint density at radius 2 is 1.62 bits per heavy atom. The van der Waals surface area contributed by atoms with Crippen molar-refractivity contribution in [2.75, 3.05) is 5.73 Å². The third kappa shape index (κ3) is 2.76. The molecule has 0 spiro atoms. The van der Waals surface area contributed by atoms with Gasteiger partial charge < -0.3 is 11.5 Å². The highest BCUT2D eigenvalue weighted by atomic mass is 14.6. The zero-order valence-electron chi connectivity index (χ0n) is 9.19. The van der Waals surface area contributed by atoms with Crippen LogP contribution in [0.5, 0.6) is 0 Å². The number of benzene rings is 1. The van der Waals surface area contributed by atoms with E-state index in [1.165, 1.54) is 5.57 Å². The summed E-state index contributed by atoms with van der Waals surface area (Å²) in [6, 6.07) is 7.85. The predicted molar refractivity (Wildman–Crippen MR) is 69.5 cm³/mol. The summed E-state index contributed by atoms with van der Waals surface area (Å²) in [7, 11) is 0. The highest BCUT2D eigenvalue weighted by Gasteiger charge is 1.99. The minimum atomic E-state index is 0.796. The Morgan fingerprint density at radius 3 is 2.25 bits per heavy atom. The van der Waals surface area contributed by atoms with E-state index < -0.39 is 0 Å². The van der Waals surface area contributed by atoms with Crippen molar-refractivity contribution >= 4 is 11.8 Å². The van der Waals surface area contributed by atoms with E-state index in [1.807, 2.05) is 30.3 Å². The fraction of sp³-hybridized carbons (Fsp3) is 0.143.